The number of hydrogen-bond donors (Lipinski definition) is 2. The fourth-order valence-electron chi connectivity index (χ4n) is 1.83. The van der Waals surface area contributed by atoms with Crippen LogP contribution in [0.3, 0.4) is 0 Å². The third-order valence-electron chi connectivity index (χ3n) is 2.84. The lowest BCUT2D eigenvalue weighted by molar-refractivity contribution is 0.332. The maximum absolute atomic E-state index is 10.9. The van der Waals surface area contributed by atoms with Gasteiger partial charge in [0.25, 0.3) is 10.1 Å². The van der Waals surface area contributed by atoms with Gasteiger partial charge in [0.2, 0.25) is 0 Å². The summed E-state index contributed by atoms with van der Waals surface area (Å²) < 4.78 is 36.1. The highest BCUT2D eigenvalue weighted by molar-refractivity contribution is 7.85. The number of aryl methyl sites for hydroxylation is 1. The predicted molar refractivity (Wildman–Crippen MR) is 81.4 cm³/mol. The molecule has 0 saturated heterocycles. The number of ether oxygens (including phenoxy) is 1. The summed E-state index contributed by atoms with van der Waals surface area (Å²) in [7, 11) is -4.15. The summed E-state index contributed by atoms with van der Waals surface area (Å²) in [6.07, 6.45) is 0. The molecule has 21 heavy (non-hydrogen) atoms. The summed E-state index contributed by atoms with van der Waals surface area (Å²) in [6, 6.07) is 13.7. The normalized spacial score (nSPS) is 11.1. The SMILES string of the molecule is Cc1cccc(NCCOc2ccc(S(=O)(=O)O)cc2)c1. The van der Waals surface area contributed by atoms with Crippen LogP contribution in [-0.4, -0.2) is 26.1 Å². The predicted octanol–water partition coefficient (Wildman–Crippen LogP) is 2.73. The summed E-state index contributed by atoms with van der Waals surface area (Å²) in [5.74, 6) is 0.549. The van der Waals surface area contributed by atoms with Crippen molar-refractivity contribution >= 4 is 15.8 Å². The highest BCUT2D eigenvalue weighted by Gasteiger charge is 2.08. The second kappa shape index (κ2) is 6.60. The third kappa shape index (κ3) is 4.77. The van der Waals surface area contributed by atoms with Crippen LogP contribution in [-0.2, 0) is 10.1 Å². The van der Waals surface area contributed by atoms with Gasteiger partial charge in [0, 0.05) is 12.2 Å². The van der Waals surface area contributed by atoms with Gasteiger partial charge in [-0.2, -0.15) is 8.42 Å². The zero-order chi connectivity index (χ0) is 15.3. The first kappa shape index (κ1) is 15.3. The molecule has 5 nitrogen and oxygen atoms in total. The van der Waals surface area contributed by atoms with Crippen LogP contribution in [0.1, 0.15) is 5.56 Å². The molecule has 0 heterocycles. The van der Waals surface area contributed by atoms with Gasteiger partial charge >= 0.3 is 0 Å². The van der Waals surface area contributed by atoms with Crippen molar-refractivity contribution in [2.45, 2.75) is 11.8 Å². The minimum absolute atomic E-state index is 0.146. The molecular formula is C15H17NO4S. The number of benzene rings is 2. The number of anilines is 1. The van der Waals surface area contributed by atoms with Crippen LogP contribution >= 0.6 is 0 Å². The van der Waals surface area contributed by atoms with E-state index >= 15 is 0 Å². The van der Waals surface area contributed by atoms with E-state index in [1.54, 1.807) is 0 Å². The first-order valence-electron chi connectivity index (χ1n) is 6.46. The van der Waals surface area contributed by atoms with Crippen LogP contribution < -0.4 is 10.1 Å². The smallest absolute Gasteiger partial charge is 0.294 e. The molecule has 0 unspecified atom stereocenters. The van der Waals surface area contributed by atoms with Crippen molar-refractivity contribution in [1.29, 1.82) is 0 Å². The Morgan fingerprint density at radius 1 is 1.14 bits per heavy atom. The lowest BCUT2D eigenvalue weighted by Crippen LogP contribution is -2.11. The van der Waals surface area contributed by atoms with Gasteiger partial charge in [-0.25, -0.2) is 0 Å². The van der Waals surface area contributed by atoms with E-state index in [1.807, 2.05) is 31.2 Å². The van der Waals surface area contributed by atoms with E-state index in [9.17, 15) is 8.42 Å². The van der Waals surface area contributed by atoms with Crippen LogP contribution in [0.4, 0.5) is 5.69 Å². The van der Waals surface area contributed by atoms with E-state index in [2.05, 4.69) is 5.32 Å². The Bertz CT molecular complexity index is 696. The average Bonchev–Trinajstić information content (AvgIpc) is 2.43. The Balaban J connectivity index is 1.81. The molecular weight excluding hydrogens is 290 g/mol. The van der Waals surface area contributed by atoms with Crippen molar-refractivity contribution in [1.82, 2.24) is 0 Å². The van der Waals surface area contributed by atoms with Crippen LogP contribution in [0.5, 0.6) is 5.75 Å². The van der Waals surface area contributed by atoms with E-state index in [4.69, 9.17) is 9.29 Å². The lowest BCUT2D eigenvalue weighted by atomic mass is 10.2. The highest BCUT2D eigenvalue weighted by atomic mass is 32.2. The van der Waals surface area contributed by atoms with E-state index < -0.39 is 10.1 Å². The average molecular weight is 307 g/mol. The minimum atomic E-state index is -4.15. The largest absolute Gasteiger partial charge is 0.492 e. The Kier molecular flexibility index (Phi) is 4.82. The summed E-state index contributed by atoms with van der Waals surface area (Å²) in [5, 5.41) is 3.23. The van der Waals surface area contributed by atoms with Crippen molar-refractivity contribution in [3.05, 3.63) is 54.1 Å². The van der Waals surface area contributed by atoms with Gasteiger partial charge in [-0.1, -0.05) is 12.1 Å². The molecule has 6 heteroatoms. The minimum Gasteiger partial charge on any atom is -0.492 e. The summed E-state index contributed by atoms with van der Waals surface area (Å²) >= 11 is 0. The monoisotopic (exact) mass is 307 g/mol. The van der Waals surface area contributed by atoms with Gasteiger partial charge in [-0.3, -0.25) is 4.55 Å². The highest BCUT2D eigenvalue weighted by Crippen LogP contribution is 2.15. The molecule has 0 saturated carbocycles. The molecule has 2 aromatic carbocycles. The summed E-state index contributed by atoms with van der Waals surface area (Å²) in [6.45, 7) is 3.10. The van der Waals surface area contributed by atoms with E-state index in [1.165, 1.54) is 29.8 Å². The first-order valence-corrected chi connectivity index (χ1v) is 7.90. The van der Waals surface area contributed by atoms with Crippen molar-refractivity contribution in [3.8, 4) is 5.75 Å². The summed E-state index contributed by atoms with van der Waals surface area (Å²) in [5.41, 5.74) is 2.21. The standard InChI is InChI=1S/C15H17NO4S/c1-12-3-2-4-13(11-12)16-9-10-20-14-5-7-15(8-6-14)21(17,18)19/h2-8,11,16H,9-10H2,1H3,(H,17,18,19). The molecule has 2 aromatic rings. The zero-order valence-electron chi connectivity index (χ0n) is 11.6. The fourth-order valence-corrected chi connectivity index (χ4v) is 2.31. The Morgan fingerprint density at radius 3 is 2.48 bits per heavy atom. The molecule has 0 spiro atoms. The van der Waals surface area contributed by atoms with E-state index in [0.717, 1.165) is 5.69 Å². The molecule has 0 amide bonds. The van der Waals surface area contributed by atoms with Crippen molar-refractivity contribution in [3.63, 3.8) is 0 Å². The van der Waals surface area contributed by atoms with Gasteiger partial charge < -0.3 is 10.1 Å². The maximum atomic E-state index is 10.9. The second-order valence-electron chi connectivity index (χ2n) is 4.59. The number of nitrogens with one attached hydrogen (secondary N) is 1. The fraction of sp³-hybridized carbons (Fsp3) is 0.200. The van der Waals surface area contributed by atoms with Gasteiger partial charge in [-0.15, -0.1) is 0 Å². The number of hydrogen-bond acceptors (Lipinski definition) is 4. The molecule has 0 radical (unpaired) electrons. The van der Waals surface area contributed by atoms with Crippen molar-refractivity contribution in [2.75, 3.05) is 18.5 Å². The van der Waals surface area contributed by atoms with Gasteiger partial charge in [0.1, 0.15) is 12.4 Å². The Hall–Kier alpha value is -2.05. The lowest BCUT2D eigenvalue weighted by Gasteiger charge is -2.09. The Morgan fingerprint density at radius 2 is 1.86 bits per heavy atom. The van der Waals surface area contributed by atoms with E-state index in [0.29, 0.717) is 18.9 Å². The first-order chi connectivity index (χ1) is 9.95. The molecule has 0 atom stereocenters. The van der Waals surface area contributed by atoms with Crippen LogP contribution in [0.25, 0.3) is 0 Å². The number of rotatable bonds is 6. The molecule has 0 aliphatic heterocycles. The molecule has 0 bridgehead atoms. The molecule has 0 aromatic heterocycles. The quantitative estimate of drug-likeness (QED) is 0.634. The van der Waals surface area contributed by atoms with Gasteiger partial charge in [-0.05, 0) is 48.9 Å². The maximum Gasteiger partial charge on any atom is 0.294 e. The molecule has 0 fully saturated rings. The van der Waals surface area contributed by atoms with Crippen LogP contribution in [0.15, 0.2) is 53.4 Å². The van der Waals surface area contributed by atoms with Crippen molar-refractivity contribution < 1.29 is 17.7 Å². The Labute approximate surface area is 124 Å². The van der Waals surface area contributed by atoms with Gasteiger partial charge in [0.05, 0.1) is 4.90 Å². The second-order valence-corrected chi connectivity index (χ2v) is 6.01. The molecule has 112 valence electrons. The van der Waals surface area contributed by atoms with Crippen LogP contribution in [0, 0.1) is 6.92 Å². The topological polar surface area (TPSA) is 75.6 Å². The molecule has 2 N–H and O–H groups in total. The summed E-state index contributed by atoms with van der Waals surface area (Å²) in [4.78, 5) is -0.146. The zero-order valence-corrected chi connectivity index (χ0v) is 12.4. The van der Waals surface area contributed by atoms with Crippen LogP contribution in [0.2, 0.25) is 0 Å². The van der Waals surface area contributed by atoms with Gasteiger partial charge in [0.15, 0.2) is 0 Å². The van der Waals surface area contributed by atoms with E-state index in [-0.39, 0.29) is 4.90 Å². The third-order valence-corrected chi connectivity index (χ3v) is 3.71. The molecule has 0 aliphatic carbocycles. The molecule has 0 aliphatic rings. The molecule has 2 rings (SSSR count). The van der Waals surface area contributed by atoms with Crippen molar-refractivity contribution in [2.24, 2.45) is 0 Å².